The number of hydrogen-bond donors (Lipinski definition) is 0. The van der Waals surface area contributed by atoms with Crippen LogP contribution in [0.15, 0.2) is 0 Å². The van der Waals surface area contributed by atoms with Gasteiger partial charge >= 0.3 is 0 Å². The average Bonchev–Trinajstić information content (AvgIpc) is 2.41. The molecule has 2 saturated heterocycles. The molecule has 0 N–H and O–H groups in total. The van der Waals surface area contributed by atoms with Crippen LogP contribution in [0.5, 0.6) is 0 Å². The van der Waals surface area contributed by atoms with E-state index in [9.17, 15) is 10.1 Å². The third-order valence-electron chi connectivity index (χ3n) is 4.57. The van der Waals surface area contributed by atoms with Crippen LogP contribution in [-0.2, 0) is 9.53 Å². The minimum absolute atomic E-state index is 0.000486. The van der Waals surface area contributed by atoms with E-state index >= 15 is 0 Å². The molecule has 2 aliphatic heterocycles. The van der Waals surface area contributed by atoms with Gasteiger partial charge in [0.1, 0.15) is 5.41 Å². The van der Waals surface area contributed by atoms with Crippen LogP contribution >= 0.6 is 0 Å². The van der Waals surface area contributed by atoms with Crippen molar-refractivity contribution in [1.82, 2.24) is 9.80 Å². The van der Waals surface area contributed by atoms with Crippen LogP contribution < -0.4 is 0 Å². The van der Waals surface area contributed by atoms with Gasteiger partial charge in [0, 0.05) is 38.4 Å². The summed E-state index contributed by atoms with van der Waals surface area (Å²) in [5.41, 5.74) is -0.889. The van der Waals surface area contributed by atoms with Gasteiger partial charge in [-0.2, -0.15) is 5.26 Å². The third-order valence-corrected chi connectivity index (χ3v) is 4.57. The topological polar surface area (TPSA) is 56.6 Å². The molecule has 0 aromatic heterocycles. The maximum absolute atomic E-state index is 12.7. The predicted molar refractivity (Wildman–Crippen MR) is 71.4 cm³/mol. The number of hydrogen-bond acceptors (Lipinski definition) is 4. The first-order valence-electron chi connectivity index (χ1n) is 6.91. The molecule has 0 unspecified atom stereocenters. The SMILES string of the molecule is CN1CCN(C(=O)C2(C#N)CCOCC2)CC1(C)C. The lowest BCUT2D eigenvalue weighted by Gasteiger charge is -2.47. The highest BCUT2D eigenvalue weighted by Crippen LogP contribution is 2.33. The molecule has 106 valence electrons. The standard InChI is InChI=1S/C14H23N3O2/c1-13(2)11-17(7-6-16(13)3)12(18)14(10-15)4-8-19-9-5-14/h4-9,11H2,1-3H3. The van der Waals surface area contributed by atoms with Gasteiger partial charge in [0.05, 0.1) is 6.07 Å². The van der Waals surface area contributed by atoms with Crippen LogP contribution in [-0.4, -0.2) is 61.1 Å². The van der Waals surface area contributed by atoms with Gasteiger partial charge < -0.3 is 9.64 Å². The summed E-state index contributed by atoms with van der Waals surface area (Å²) in [5, 5.41) is 9.46. The van der Waals surface area contributed by atoms with Crippen molar-refractivity contribution in [2.24, 2.45) is 5.41 Å². The maximum Gasteiger partial charge on any atom is 0.243 e. The molecule has 0 aromatic rings. The van der Waals surface area contributed by atoms with Crippen LogP contribution in [0, 0.1) is 16.7 Å². The molecule has 1 amide bonds. The third kappa shape index (κ3) is 2.60. The van der Waals surface area contributed by atoms with Crippen molar-refractivity contribution in [2.75, 3.05) is 39.9 Å². The lowest BCUT2D eigenvalue weighted by Crippen LogP contribution is -2.61. The van der Waals surface area contributed by atoms with Crippen molar-refractivity contribution in [3.63, 3.8) is 0 Å². The highest BCUT2D eigenvalue weighted by molar-refractivity contribution is 5.85. The lowest BCUT2D eigenvalue weighted by molar-refractivity contribution is -0.148. The number of carbonyl (C=O) groups is 1. The van der Waals surface area contributed by atoms with Gasteiger partial charge in [-0.15, -0.1) is 0 Å². The zero-order valence-electron chi connectivity index (χ0n) is 12.1. The van der Waals surface area contributed by atoms with E-state index in [2.05, 4.69) is 31.9 Å². The van der Waals surface area contributed by atoms with E-state index in [1.54, 1.807) is 0 Å². The summed E-state index contributed by atoms with van der Waals surface area (Å²) in [5.74, 6) is -0.000486. The second-order valence-electron chi connectivity index (χ2n) is 6.27. The number of nitrogens with zero attached hydrogens (tertiary/aromatic N) is 3. The molecule has 0 saturated carbocycles. The molecule has 2 rings (SSSR count). The number of amides is 1. The van der Waals surface area contributed by atoms with Gasteiger partial charge in [0.15, 0.2) is 0 Å². The van der Waals surface area contributed by atoms with Gasteiger partial charge in [0.25, 0.3) is 0 Å². The highest BCUT2D eigenvalue weighted by Gasteiger charge is 2.45. The monoisotopic (exact) mass is 265 g/mol. The fourth-order valence-electron chi connectivity index (χ4n) is 2.81. The zero-order chi connectivity index (χ0) is 14.1. The van der Waals surface area contributed by atoms with E-state index in [0.29, 0.717) is 39.1 Å². The Balaban J connectivity index is 2.13. The highest BCUT2D eigenvalue weighted by atomic mass is 16.5. The molecular weight excluding hydrogens is 242 g/mol. The number of likely N-dealkylation sites (N-methyl/N-ethyl adjacent to an activating group) is 1. The number of carbonyl (C=O) groups excluding carboxylic acids is 1. The van der Waals surface area contributed by atoms with Crippen molar-refractivity contribution in [3.05, 3.63) is 0 Å². The van der Waals surface area contributed by atoms with Gasteiger partial charge in [-0.1, -0.05) is 0 Å². The Hall–Kier alpha value is -1.12. The lowest BCUT2D eigenvalue weighted by atomic mass is 9.79. The molecule has 2 aliphatic rings. The summed E-state index contributed by atoms with van der Waals surface area (Å²) in [6, 6.07) is 2.27. The van der Waals surface area contributed by atoms with Crippen LogP contribution in [0.25, 0.3) is 0 Å². The van der Waals surface area contributed by atoms with Crippen molar-refractivity contribution in [3.8, 4) is 6.07 Å². The van der Waals surface area contributed by atoms with Crippen LogP contribution in [0.4, 0.5) is 0 Å². The van der Waals surface area contributed by atoms with E-state index in [-0.39, 0.29) is 11.4 Å². The Labute approximate surface area is 115 Å². The van der Waals surface area contributed by atoms with Crippen molar-refractivity contribution < 1.29 is 9.53 Å². The molecule has 2 heterocycles. The van der Waals surface area contributed by atoms with Gasteiger partial charge in [0.2, 0.25) is 5.91 Å². The smallest absolute Gasteiger partial charge is 0.243 e. The number of piperazine rings is 1. The van der Waals surface area contributed by atoms with Crippen LogP contribution in [0.2, 0.25) is 0 Å². The predicted octanol–water partition coefficient (Wildman–Crippen LogP) is 0.859. The Morgan fingerprint density at radius 2 is 1.89 bits per heavy atom. The van der Waals surface area contributed by atoms with E-state index in [1.165, 1.54) is 0 Å². The number of nitriles is 1. The summed E-state index contributed by atoms with van der Waals surface area (Å²) < 4.78 is 5.29. The summed E-state index contributed by atoms with van der Waals surface area (Å²) >= 11 is 0. The quantitative estimate of drug-likeness (QED) is 0.705. The fourth-order valence-corrected chi connectivity index (χ4v) is 2.81. The molecule has 0 bridgehead atoms. The fraction of sp³-hybridized carbons (Fsp3) is 0.857. The molecule has 2 fully saturated rings. The summed E-state index contributed by atoms with van der Waals surface area (Å²) in [6.07, 6.45) is 1.05. The van der Waals surface area contributed by atoms with Gasteiger partial charge in [-0.05, 0) is 33.7 Å². The van der Waals surface area contributed by atoms with Crippen molar-refractivity contribution in [2.45, 2.75) is 32.2 Å². The summed E-state index contributed by atoms with van der Waals surface area (Å²) in [6.45, 7) is 7.55. The van der Waals surface area contributed by atoms with Crippen molar-refractivity contribution in [1.29, 1.82) is 5.26 Å². The zero-order valence-corrected chi connectivity index (χ0v) is 12.1. The molecule has 5 nitrogen and oxygen atoms in total. The van der Waals surface area contributed by atoms with Crippen LogP contribution in [0.3, 0.4) is 0 Å². The molecule has 19 heavy (non-hydrogen) atoms. The van der Waals surface area contributed by atoms with Gasteiger partial charge in [-0.3, -0.25) is 9.69 Å². The number of ether oxygens (including phenoxy) is 1. The minimum Gasteiger partial charge on any atom is -0.381 e. The second-order valence-corrected chi connectivity index (χ2v) is 6.27. The first-order chi connectivity index (χ1) is 8.91. The molecule has 0 atom stereocenters. The largest absolute Gasteiger partial charge is 0.381 e. The first-order valence-corrected chi connectivity index (χ1v) is 6.91. The Bertz CT molecular complexity index is 394. The number of rotatable bonds is 1. The van der Waals surface area contributed by atoms with E-state index < -0.39 is 5.41 Å². The molecular formula is C14H23N3O2. The normalized spacial score (nSPS) is 26.7. The summed E-state index contributed by atoms with van der Waals surface area (Å²) in [7, 11) is 2.08. The minimum atomic E-state index is -0.857. The van der Waals surface area contributed by atoms with Crippen molar-refractivity contribution >= 4 is 5.91 Å². The molecule has 0 aromatic carbocycles. The average molecular weight is 265 g/mol. The van der Waals surface area contributed by atoms with Gasteiger partial charge in [-0.25, -0.2) is 0 Å². The van der Waals surface area contributed by atoms with Crippen LogP contribution in [0.1, 0.15) is 26.7 Å². The van der Waals surface area contributed by atoms with E-state index in [0.717, 1.165) is 6.54 Å². The Morgan fingerprint density at radius 3 is 2.42 bits per heavy atom. The molecule has 0 radical (unpaired) electrons. The first kappa shape index (κ1) is 14.3. The van der Waals surface area contributed by atoms with E-state index in [1.807, 2.05) is 4.90 Å². The maximum atomic E-state index is 12.7. The Morgan fingerprint density at radius 1 is 1.26 bits per heavy atom. The Kier molecular flexibility index (Phi) is 3.84. The molecule has 0 aliphatic carbocycles. The molecule has 5 heteroatoms. The summed E-state index contributed by atoms with van der Waals surface area (Å²) in [4.78, 5) is 16.9. The second kappa shape index (κ2) is 5.10. The van der Waals surface area contributed by atoms with E-state index in [4.69, 9.17) is 4.74 Å². The molecule has 0 spiro atoms.